The number of hydrogen-bond donors (Lipinski definition) is 1. The maximum absolute atomic E-state index is 13.6. The van der Waals surface area contributed by atoms with Crippen molar-refractivity contribution in [3.8, 4) is 0 Å². The van der Waals surface area contributed by atoms with Crippen LogP contribution in [0, 0.1) is 0 Å². The van der Waals surface area contributed by atoms with Gasteiger partial charge in [-0.25, -0.2) is 0 Å². The molecule has 0 aliphatic rings. The number of ether oxygens (including phenoxy) is 1. The first-order valence-electron chi connectivity index (χ1n) is 11.9. The lowest BCUT2D eigenvalue weighted by atomic mass is 10.0. The summed E-state index contributed by atoms with van der Waals surface area (Å²) in [5, 5.41) is 3.03. The minimum Gasteiger partial charge on any atom is -0.382 e. The predicted molar refractivity (Wildman–Crippen MR) is 135 cm³/mol. The van der Waals surface area contributed by atoms with E-state index in [1.54, 1.807) is 4.90 Å². The maximum atomic E-state index is 13.6. The van der Waals surface area contributed by atoms with Gasteiger partial charge in [0.15, 0.2) is 0 Å². The molecule has 5 nitrogen and oxygen atoms in total. The molecule has 0 unspecified atom stereocenters. The van der Waals surface area contributed by atoms with Crippen LogP contribution < -0.4 is 5.32 Å². The zero-order valence-electron chi connectivity index (χ0n) is 19.9. The number of amides is 2. The molecule has 34 heavy (non-hydrogen) atoms. The molecule has 0 bridgehead atoms. The molecule has 0 saturated carbocycles. The van der Waals surface area contributed by atoms with Crippen LogP contribution in [-0.2, 0) is 33.7 Å². The summed E-state index contributed by atoms with van der Waals surface area (Å²) >= 11 is 0. The first kappa shape index (κ1) is 25.2. The van der Waals surface area contributed by atoms with E-state index in [0.717, 1.165) is 23.1 Å². The average molecular weight is 459 g/mol. The van der Waals surface area contributed by atoms with Gasteiger partial charge in [0, 0.05) is 32.7 Å². The summed E-state index contributed by atoms with van der Waals surface area (Å²) < 4.78 is 5.39. The second kappa shape index (κ2) is 14.0. The number of benzene rings is 3. The standard InChI is InChI=1S/C29H34N2O3/c1-2-34-20-12-19-30-29(33)27(21-24-13-6-3-7-14-24)31(23-26-17-10-5-11-18-26)28(32)22-25-15-8-4-9-16-25/h3-11,13-18,27H,2,12,19-23H2,1H3,(H,30,33)/t27-/m0/s1. The zero-order valence-corrected chi connectivity index (χ0v) is 19.9. The van der Waals surface area contributed by atoms with Crippen molar-refractivity contribution in [2.75, 3.05) is 19.8 Å². The van der Waals surface area contributed by atoms with Gasteiger partial charge >= 0.3 is 0 Å². The molecular weight excluding hydrogens is 424 g/mol. The normalized spacial score (nSPS) is 11.6. The molecule has 3 rings (SSSR count). The van der Waals surface area contributed by atoms with E-state index in [2.05, 4.69) is 5.32 Å². The predicted octanol–water partition coefficient (Wildman–Crippen LogP) is 4.41. The Hall–Kier alpha value is -3.44. The Bertz CT molecular complexity index is 994. The summed E-state index contributed by atoms with van der Waals surface area (Å²) in [4.78, 5) is 28.7. The fraction of sp³-hybridized carbons (Fsp3) is 0.310. The van der Waals surface area contributed by atoms with Crippen molar-refractivity contribution in [1.82, 2.24) is 10.2 Å². The number of nitrogens with one attached hydrogen (secondary N) is 1. The van der Waals surface area contributed by atoms with Crippen LogP contribution in [0.2, 0.25) is 0 Å². The van der Waals surface area contributed by atoms with Crippen LogP contribution in [0.25, 0.3) is 0 Å². The molecule has 0 saturated heterocycles. The zero-order chi connectivity index (χ0) is 24.0. The van der Waals surface area contributed by atoms with E-state index < -0.39 is 6.04 Å². The van der Waals surface area contributed by atoms with E-state index in [0.29, 0.717) is 32.7 Å². The molecule has 3 aromatic rings. The number of nitrogens with zero attached hydrogens (tertiary/aromatic N) is 1. The molecule has 0 aliphatic heterocycles. The van der Waals surface area contributed by atoms with Gasteiger partial charge in [0.05, 0.1) is 6.42 Å². The molecule has 0 spiro atoms. The Morgan fingerprint density at radius 3 is 1.97 bits per heavy atom. The largest absolute Gasteiger partial charge is 0.382 e. The highest BCUT2D eigenvalue weighted by molar-refractivity contribution is 5.88. The third-order valence-electron chi connectivity index (χ3n) is 5.63. The Labute approximate surface area is 202 Å². The van der Waals surface area contributed by atoms with Crippen molar-refractivity contribution in [2.24, 2.45) is 0 Å². The molecule has 0 aliphatic carbocycles. The van der Waals surface area contributed by atoms with Crippen LogP contribution in [0.3, 0.4) is 0 Å². The van der Waals surface area contributed by atoms with Crippen LogP contribution in [-0.4, -0.2) is 42.5 Å². The molecule has 3 aromatic carbocycles. The second-order valence-electron chi connectivity index (χ2n) is 8.22. The summed E-state index contributed by atoms with van der Waals surface area (Å²) in [6.45, 7) is 4.09. The van der Waals surface area contributed by atoms with Gasteiger partial charge in [-0.3, -0.25) is 9.59 Å². The molecule has 178 valence electrons. The van der Waals surface area contributed by atoms with E-state index in [-0.39, 0.29) is 18.2 Å². The Morgan fingerprint density at radius 2 is 1.38 bits per heavy atom. The summed E-state index contributed by atoms with van der Waals surface area (Å²) in [5.41, 5.74) is 2.94. The smallest absolute Gasteiger partial charge is 0.243 e. The van der Waals surface area contributed by atoms with Gasteiger partial charge in [0.2, 0.25) is 11.8 Å². The SMILES string of the molecule is CCOCCCNC(=O)[C@H](Cc1ccccc1)N(Cc1ccccc1)C(=O)Cc1ccccc1. The lowest BCUT2D eigenvalue weighted by Gasteiger charge is -2.31. The lowest BCUT2D eigenvalue weighted by Crippen LogP contribution is -2.51. The molecule has 1 N–H and O–H groups in total. The van der Waals surface area contributed by atoms with Gasteiger partial charge in [-0.2, -0.15) is 0 Å². The summed E-state index contributed by atoms with van der Waals surface area (Å²) in [6, 6.07) is 28.8. The van der Waals surface area contributed by atoms with Gasteiger partial charge in [0.1, 0.15) is 6.04 Å². The number of carbonyl (C=O) groups excluding carboxylic acids is 2. The van der Waals surface area contributed by atoms with Crippen LogP contribution in [0.15, 0.2) is 91.0 Å². The minimum absolute atomic E-state index is 0.0690. The van der Waals surface area contributed by atoms with Crippen molar-refractivity contribution < 1.29 is 14.3 Å². The molecule has 5 heteroatoms. The van der Waals surface area contributed by atoms with Crippen LogP contribution in [0.4, 0.5) is 0 Å². The summed E-state index contributed by atoms with van der Waals surface area (Å²) in [7, 11) is 0. The Balaban J connectivity index is 1.85. The van der Waals surface area contributed by atoms with E-state index >= 15 is 0 Å². The highest BCUT2D eigenvalue weighted by Gasteiger charge is 2.30. The third kappa shape index (κ3) is 8.16. The highest BCUT2D eigenvalue weighted by atomic mass is 16.5. The van der Waals surface area contributed by atoms with Crippen LogP contribution in [0.5, 0.6) is 0 Å². The number of carbonyl (C=O) groups is 2. The molecule has 0 fully saturated rings. The Kier molecular flexibility index (Phi) is 10.3. The van der Waals surface area contributed by atoms with Gasteiger partial charge in [0.25, 0.3) is 0 Å². The Morgan fingerprint density at radius 1 is 0.824 bits per heavy atom. The third-order valence-corrected chi connectivity index (χ3v) is 5.63. The van der Waals surface area contributed by atoms with Gasteiger partial charge in [-0.05, 0) is 30.0 Å². The van der Waals surface area contributed by atoms with Crippen molar-refractivity contribution >= 4 is 11.8 Å². The fourth-order valence-corrected chi connectivity index (χ4v) is 3.85. The van der Waals surface area contributed by atoms with Crippen LogP contribution >= 0.6 is 0 Å². The number of rotatable bonds is 13. The molecule has 2 amide bonds. The van der Waals surface area contributed by atoms with Gasteiger partial charge in [-0.1, -0.05) is 91.0 Å². The highest BCUT2D eigenvalue weighted by Crippen LogP contribution is 2.16. The van der Waals surface area contributed by atoms with Gasteiger partial charge < -0.3 is 15.0 Å². The molecule has 0 radical (unpaired) electrons. The van der Waals surface area contributed by atoms with E-state index in [4.69, 9.17) is 4.74 Å². The molecule has 0 heterocycles. The van der Waals surface area contributed by atoms with Crippen LogP contribution in [0.1, 0.15) is 30.0 Å². The van der Waals surface area contributed by atoms with Crippen molar-refractivity contribution in [3.63, 3.8) is 0 Å². The van der Waals surface area contributed by atoms with Gasteiger partial charge in [-0.15, -0.1) is 0 Å². The monoisotopic (exact) mass is 458 g/mol. The van der Waals surface area contributed by atoms with Crippen molar-refractivity contribution in [3.05, 3.63) is 108 Å². The summed E-state index contributed by atoms with van der Waals surface area (Å²) in [5.74, 6) is -0.210. The second-order valence-corrected chi connectivity index (χ2v) is 8.22. The molecular formula is C29H34N2O3. The quantitative estimate of drug-likeness (QED) is 0.386. The van der Waals surface area contributed by atoms with E-state index in [9.17, 15) is 9.59 Å². The van der Waals surface area contributed by atoms with Crippen molar-refractivity contribution in [1.29, 1.82) is 0 Å². The maximum Gasteiger partial charge on any atom is 0.243 e. The topological polar surface area (TPSA) is 58.6 Å². The van der Waals surface area contributed by atoms with Crippen molar-refractivity contribution in [2.45, 2.75) is 38.8 Å². The lowest BCUT2D eigenvalue weighted by molar-refractivity contribution is -0.140. The molecule has 1 atom stereocenters. The molecule has 0 aromatic heterocycles. The minimum atomic E-state index is -0.620. The summed E-state index contributed by atoms with van der Waals surface area (Å²) in [6.07, 6.45) is 1.43. The van der Waals surface area contributed by atoms with E-state index in [1.807, 2.05) is 97.9 Å². The average Bonchev–Trinajstić information content (AvgIpc) is 2.87. The fourth-order valence-electron chi connectivity index (χ4n) is 3.85. The van der Waals surface area contributed by atoms with E-state index in [1.165, 1.54) is 0 Å². The first-order chi connectivity index (χ1) is 16.7. The number of hydrogen-bond acceptors (Lipinski definition) is 3. The first-order valence-corrected chi connectivity index (χ1v) is 11.9.